The highest BCUT2D eigenvalue weighted by Gasteiger charge is 2.07. The van der Waals surface area contributed by atoms with Crippen molar-refractivity contribution in [3.05, 3.63) is 24.3 Å². The number of likely N-dealkylation sites (N-methyl/N-ethyl adjacent to an activating group) is 2. The molecule has 19 heavy (non-hydrogen) atoms. The Labute approximate surface area is 119 Å². The summed E-state index contributed by atoms with van der Waals surface area (Å²) >= 11 is 1.69. The fraction of sp³-hybridized carbons (Fsp3) is 0.500. The molecule has 0 aliphatic heterocycles. The molecule has 0 atom stereocenters. The van der Waals surface area contributed by atoms with Crippen molar-refractivity contribution in [1.29, 1.82) is 0 Å². The lowest BCUT2D eigenvalue weighted by Crippen LogP contribution is -2.32. The van der Waals surface area contributed by atoms with Crippen molar-refractivity contribution in [2.45, 2.75) is 11.3 Å². The first-order valence-corrected chi connectivity index (χ1v) is 7.31. The maximum absolute atomic E-state index is 11.8. The van der Waals surface area contributed by atoms with E-state index < -0.39 is 0 Å². The van der Waals surface area contributed by atoms with E-state index in [1.807, 2.05) is 38.4 Å². The third kappa shape index (κ3) is 5.98. The van der Waals surface area contributed by atoms with Gasteiger partial charge in [0.2, 0.25) is 5.91 Å². The van der Waals surface area contributed by atoms with E-state index >= 15 is 0 Å². The van der Waals surface area contributed by atoms with Gasteiger partial charge < -0.3 is 15.0 Å². The minimum atomic E-state index is 0.191. The number of ether oxygens (including phenoxy) is 1. The maximum Gasteiger partial charge on any atom is 0.223 e. The van der Waals surface area contributed by atoms with Crippen LogP contribution in [0.3, 0.4) is 0 Å². The molecule has 0 bridgehead atoms. The standard InChI is InChI=1S/C14H22N2O2S/c1-15-9-10-16(2)14(17)8-11-19-13-6-4-12(18-3)5-7-13/h4-7,15H,8-11H2,1-3H3. The van der Waals surface area contributed by atoms with E-state index in [2.05, 4.69) is 5.32 Å². The van der Waals surface area contributed by atoms with Crippen molar-refractivity contribution in [2.24, 2.45) is 0 Å². The van der Waals surface area contributed by atoms with Gasteiger partial charge >= 0.3 is 0 Å². The van der Waals surface area contributed by atoms with Crippen LogP contribution in [0.25, 0.3) is 0 Å². The molecule has 1 aromatic rings. The number of nitrogens with one attached hydrogen (secondary N) is 1. The molecule has 0 aliphatic rings. The normalized spacial score (nSPS) is 10.3. The van der Waals surface area contributed by atoms with Gasteiger partial charge in [-0.25, -0.2) is 0 Å². The number of thioether (sulfide) groups is 1. The molecule has 0 saturated carbocycles. The quantitative estimate of drug-likeness (QED) is 0.739. The first-order valence-electron chi connectivity index (χ1n) is 6.32. The molecule has 0 saturated heterocycles. The predicted octanol–water partition coefficient (Wildman–Crippen LogP) is 1.86. The van der Waals surface area contributed by atoms with Gasteiger partial charge in [0, 0.05) is 37.2 Å². The molecular weight excluding hydrogens is 260 g/mol. The highest BCUT2D eigenvalue weighted by molar-refractivity contribution is 7.99. The Morgan fingerprint density at radius 3 is 2.63 bits per heavy atom. The second-order valence-corrected chi connectivity index (χ2v) is 5.36. The van der Waals surface area contributed by atoms with E-state index in [0.29, 0.717) is 6.42 Å². The minimum Gasteiger partial charge on any atom is -0.497 e. The number of carbonyl (C=O) groups excluding carboxylic acids is 1. The van der Waals surface area contributed by atoms with Crippen LogP contribution in [0.5, 0.6) is 5.75 Å². The molecule has 5 heteroatoms. The summed E-state index contributed by atoms with van der Waals surface area (Å²) in [7, 11) is 5.39. The highest BCUT2D eigenvalue weighted by atomic mass is 32.2. The van der Waals surface area contributed by atoms with Crippen LogP contribution in [0.15, 0.2) is 29.2 Å². The molecule has 1 aromatic carbocycles. The highest BCUT2D eigenvalue weighted by Crippen LogP contribution is 2.21. The average Bonchev–Trinajstić information content (AvgIpc) is 2.45. The fourth-order valence-electron chi connectivity index (χ4n) is 1.52. The van der Waals surface area contributed by atoms with Gasteiger partial charge in [-0.1, -0.05) is 0 Å². The monoisotopic (exact) mass is 282 g/mol. The lowest BCUT2D eigenvalue weighted by Gasteiger charge is -2.16. The maximum atomic E-state index is 11.8. The number of nitrogens with zero attached hydrogens (tertiary/aromatic N) is 1. The number of hydrogen-bond acceptors (Lipinski definition) is 4. The molecule has 1 rings (SSSR count). The average molecular weight is 282 g/mol. The molecule has 0 spiro atoms. The van der Waals surface area contributed by atoms with Gasteiger partial charge in [0.25, 0.3) is 0 Å². The summed E-state index contributed by atoms with van der Waals surface area (Å²) in [4.78, 5) is 14.7. The molecular formula is C14H22N2O2S. The summed E-state index contributed by atoms with van der Waals surface area (Å²) in [5.74, 6) is 1.85. The number of rotatable bonds is 8. The Morgan fingerprint density at radius 2 is 2.05 bits per heavy atom. The Morgan fingerprint density at radius 1 is 1.37 bits per heavy atom. The Balaban J connectivity index is 2.27. The van der Waals surface area contributed by atoms with Crippen LogP contribution in [0, 0.1) is 0 Å². The Kier molecular flexibility index (Phi) is 7.36. The number of methoxy groups -OCH3 is 1. The summed E-state index contributed by atoms with van der Waals surface area (Å²) in [6.45, 7) is 1.58. The van der Waals surface area contributed by atoms with Crippen molar-refractivity contribution in [3.8, 4) is 5.75 Å². The van der Waals surface area contributed by atoms with Gasteiger partial charge in [-0.3, -0.25) is 4.79 Å². The second-order valence-electron chi connectivity index (χ2n) is 4.19. The third-order valence-corrected chi connectivity index (χ3v) is 3.78. The molecule has 106 valence electrons. The lowest BCUT2D eigenvalue weighted by molar-refractivity contribution is -0.129. The van der Waals surface area contributed by atoms with Gasteiger partial charge in [-0.2, -0.15) is 0 Å². The van der Waals surface area contributed by atoms with Crippen LogP contribution in [-0.4, -0.2) is 50.9 Å². The molecule has 0 aliphatic carbocycles. The van der Waals surface area contributed by atoms with E-state index in [4.69, 9.17) is 4.74 Å². The first kappa shape index (κ1) is 15.9. The van der Waals surface area contributed by atoms with Crippen molar-refractivity contribution >= 4 is 17.7 Å². The largest absolute Gasteiger partial charge is 0.497 e. The van der Waals surface area contributed by atoms with E-state index in [-0.39, 0.29) is 5.91 Å². The van der Waals surface area contributed by atoms with Gasteiger partial charge in [0.1, 0.15) is 5.75 Å². The van der Waals surface area contributed by atoms with Crippen LogP contribution < -0.4 is 10.1 Å². The molecule has 4 nitrogen and oxygen atoms in total. The van der Waals surface area contributed by atoms with E-state index in [1.165, 1.54) is 0 Å². The summed E-state index contributed by atoms with van der Waals surface area (Å²) < 4.78 is 5.10. The van der Waals surface area contributed by atoms with Crippen LogP contribution in [0.1, 0.15) is 6.42 Å². The zero-order chi connectivity index (χ0) is 14.1. The van der Waals surface area contributed by atoms with Gasteiger partial charge in [-0.05, 0) is 31.3 Å². The smallest absolute Gasteiger partial charge is 0.223 e. The number of hydrogen-bond donors (Lipinski definition) is 1. The lowest BCUT2D eigenvalue weighted by atomic mass is 10.3. The van der Waals surface area contributed by atoms with E-state index in [0.717, 1.165) is 29.5 Å². The van der Waals surface area contributed by atoms with Crippen molar-refractivity contribution < 1.29 is 9.53 Å². The zero-order valence-corrected chi connectivity index (χ0v) is 12.6. The van der Waals surface area contributed by atoms with Gasteiger partial charge in [0.05, 0.1) is 7.11 Å². The van der Waals surface area contributed by atoms with Crippen molar-refractivity contribution in [1.82, 2.24) is 10.2 Å². The van der Waals surface area contributed by atoms with Gasteiger partial charge in [0.15, 0.2) is 0 Å². The summed E-state index contributed by atoms with van der Waals surface area (Å²) in [5.41, 5.74) is 0. The van der Waals surface area contributed by atoms with Crippen LogP contribution >= 0.6 is 11.8 Å². The molecule has 1 N–H and O–H groups in total. The van der Waals surface area contributed by atoms with Crippen molar-refractivity contribution in [2.75, 3.05) is 40.0 Å². The third-order valence-electron chi connectivity index (χ3n) is 2.77. The van der Waals surface area contributed by atoms with Crippen LogP contribution in [0.2, 0.25) is 0 Å². The molecule has 0 radical (unpaired) electrons. The molecule has 0 aromatic heterocycles. The predicted molar refractivity (Wildman–Crippen MR) is 79.9 cm³/mol. The molecule has 1 amide bonds. The summed E-state index contributed by atoms with van der Waals surface area (Å²) in [5, 5.41) is 3.04. The fourth-order valence-corrected chi connectivity index (χ4v) is 2.36. The number of benzene rings is 1. The SMILES string of the molecule is CNCCN(C)C(=O)CCSc1ccc(OC)cc1. The Bertz CT molecular complexity index is 382. The minimum absolute atomic E-state index is 0.191. The summed E-state index contributed by atoms with van der Waals surface area (Å²) in [6.07, 6.45) is 0.566. The zero-order valence-electron chi connectivity index (χ0n) is 11.8. The summed E-state index contributed by atoms with van der Waals surface area (Å²) in [6, 6.07) is 7.89. The van der Waals surface area contributed by atoms with Crippen LogP contribution in [0.4, 0.5) is 0 Å². The molecule has 0 heterocycles. The van der Waals surface area contributed by atoms with Crippen molar-refractivity contribution in [3.63, 3.8) is 0 Å². The van der Waals surface area contributed by atoms with E-state index in [9.17, 15) is 4.79 Å². The first-order chi connectivity index (χ1) is 9.17. The van der Waals surface area contributed by atoms with Gasteiger partial charge in [-0.15, -0.1) is 11.8 Å². The second kappa shape index (κ2) is 8.82. The topological polar surface area (TPSA) is 41.6 Å². The Hall–Kier alpha value is -1.20. The van der Waals surface area contributed by atoms with Crippen LogP contribution in [-0.2, 0) is 4.79 Å². The molecule has 0 unspecified atom stereocenters. The van der Waals surface area contributed by atoms with E-state index in [1.54, 1.807) is 23.8 Å². The number of carbonyl (C=O) groups is 1. The molecule has 0 fully saturated rings. The number of amides is 1.